The molecule has 0 amide bonds. The fourth-order valence-corrected chi connectivity index (χ4v) is 1.46. The summed E-state index contributed by atoms with van der Waals surface area (Å²) in [4.78, 5) is 0. The second-order valence-electron chi connectivity index (χ2n) is 4.11. The van der Waals surface area contributed by atoms with Crippen molar-refractivity contribution in [2.45, 2.75) is 25.9 Å². The van der Waals surface area contributed by atoms with E-state index in [1.54, 1.807) is 13.8 Å². The third-order valence-electron chi connectivity index (χ3n) is 1.93. The summed E-state index contributed by atoms with van der Waals surface area (Å²) >= 11 is 3.04. The number of hydrogen-bond acceptors (Lipinski definition) is 2. The first kappa shape index (κ1) is 13.4. The lowest BCUT2D eigenvalue weighted by Crippen LogP contribution is -2.22. The summed E-state index contributed by atoms with van der Waals surface area (Å²) in [5.41, 5.74) is -0.888. The van der Waals surface area contributed by atoms with E-state index in [0.29, 0.717) is 10.9 Å². The Hall–Kier alpha value is -0.680. The number of hydrogen-bond donors (Lipinski definition) is 1. The van der Waals surface area contributed by atoms with Gasteiger partial charge in [0.2, 0.25) is 5.82 Å². The van der Waals surface area contributed by atoms with Crippen molar-refractivity contribution < 1.29 is 18.6 Å². The Kier molecular flexibility index (Phi) is 4.27. The van der Waals surface area contributed by atoms with Crippen LogP contribution in [0.25, 0.3) is 0 Å². The molecular weight excluding hydrogens is 282 g/mol. The first-order valence-electron chi connectivity index (χ1n) is 4.79. The van der Waals surface area contributed by atoms with Gasteiger partial charge in [-0.25, -0.2) is 4.39 Å². The van der Waals surface area contributed by atoms with Crippen LogP contribution in [0.1, 0.15) is 20.3 Å². The molecule has 1 rings (SSSR count). The maximum absolute atomic E-state index is 13.2. The van der Waals surface area contributed by atoms with Gasteiger partial charge in [0.05, 0.1) is 12.2 Å². The topological polar surface area (TPSA) is 29.5 Å². The third-order valence-corrected chi connectivity index (χ3v) is 2.39. The molecule has 0 saturated heterocycles. The van der Waals surface area contributed by atoms with Crippen LogP contribution in [-0.2, 0) is 0 Å². The number of ether oxygens (including phenoxy) is 1. The van der Waals surface area contributed by atoms with Gasteiger partial charge in [0.1, 0.15) is 0 Å². The van der Waals surface area contributed by atoms with Gasteiger partial charge in [0, 0.05) is 10.9 Å². The van der Waals surface area contributed by atoms with Crippen LogP contribution in [0.2, 0.25) is 0 Å². The maximum Gasteiger partial charge on any atom is 0.200 e. The Morgan fingerprint density at radius 3 is 2.56 bits per heavy atom. The average molecular weight is 295 g/mol. The molecular formula is C11H13BrF2O2. The van der Waals surface area contributed by atoms with Crippen molar-refractivity contribution in [2.24, 2.45) is 0 Å². The molecule has 0 atom stereocenters. The Labute approximate surface area is 101 Å². The van der Waals surface area contributed by atoms with Gasteiger partial charge >= 0.3 is 0 Å². The maximum atomic E-state index is 13.2. The monoisotopic (exact) mass is 294 g/mol. The van der Waals surface area contributed by atoms with Crippen LogP contribution < -0.4 is 4.74 Å². The smallest absolute Gasteiger partial charge is 0.200 e. The minimum Gasteiger partial charge on any atom is -0.490 e. The zero-order valence-corrected chi connectivity index (χ0v) is 10.6. The zero-order valence-electron chi connectivity index (χ0n) is 9.06. The van der Waals surface area contributed by atoms with Crippen molar-refractivity contribution in [1.29, 1.82) is 0 Å². The summed E-state index contributed by atoms with van der Waals surface area (Å²) in [6.07, 6.45) is 0.334. The molecule has 2 nitrogen and oxygen atoms in total. The lowest BCUT2D eigenvalue weighted by molar-refractivity contribution is 0.0546. The van der Waals surface area contributed by atoms with E-state index in [4.69, 9.17) is 4.74 Å². The summed E-state index contributed by atoms with van der Waals surface area (Å²) in [5.74, 6) is -2.14. The molecule has 0 aliphatic carbocycles. The molecule has 0 aliphatic heterocycles. The number of benzene rings is 1. The van der Waals surface area contributed by atoms with Crippen LogP contribution in [0.3, 0.4) is 0 Å². The zero-order chi connectivity index (χ0) is 12.3. The van der Waals surface area contributed by atoms with E-state index >= 15 is 0 Å². The first-order valence-corrected chi connectivity index (χ1v) is 5.58. The van der Waals surface area contributed by atoms with Crippen molar-refractivity contribution in [3.8, 4) is 5.75 Å². The van der Waals surface area contributed by atoms with Crippen molar-refractivity contribution in [2.75, 3.05) is 6.61 Å². The van der Waals surface area contributed by atoms with Crippen LogP contribution in [0.5, 0.6) is 5.75 Å². The van der Waals surface area contributed by atoms with E-state index in [9.17, 15) is 13.9 Å². The summed E-state index contributed by atoms with van der Waals surface area (Å²) in [7, 11) is 0. The fourth-order valence-electron chi connectivity index (χ4n) is 1.05. The second-order valence-corrected chi connectivity index (χ2v) is 5.03. The molecule has 0 heterocycles. The van der Waals surface area contributed by atoms with Gasteiger partial charge in [-0.1, -0.05) is 15.9 Å². The van der Waals surface area contributed by atoms with Gasteiger partial charge in [0.25, 0.3) is 0 Å². The van der Waals surface area contributed by atoms with E-state index in [-0.39, 0.29) is 12.4 Å². The van der Waals surface area contributed by atoms with Crippen LogP contribution in [0, 0.1) is 11.6 Å². The molecule has 1 aromatic rings. The Morgan fingerprint density at radius 2 is 2.00 bits per heavy atom. The minimum atomic E-state index is -1.01. The molecule has 90 valence electrons. The van der Waals surface area contributed by atoms with Gasteiger partial charge in [0.15, 0.2) is 11.6 Å². The molecule has 16 heavy (non-hydrogen) atoms. The molecule has 5 heteroatoms. The van der Waals surface area contributed by atoms with E-state index in [1.807, 2.05) is 0 Å². The predicted octanol–water partition coefficient (Wildman–Crippen LogP) is 3.27. The quantitative estimate of drug-likeness (QED) is 0.864. The molecule has 0 unspecified atom stereocenters. The van der Waals surface area contributed by atoms with Crippen molar-refractivity contribution in [3.05, 3.63) is 28.2 Å². The molecule has 0 bridgehead atoms. The number of halogens is 3. The molecule has 0 fully saturated rings. The van der Waals surface area contributed by atoms with Crippen LogP contribution >= 0.6 is 15.9 Å². The molecule has 0 saturated carbocycles. The van der Waals surface area contributed by atoms with E-state index in [1.165, 1.54) is 6.07 Å². The summed E-state index contributed by atoms with van der Waals surface area (Å²) in [6.45, 7) is 3.36. The normalized spacial score (nSPS) is 11.6. The van der Waals surface area contributed by atoms with Gasteiger partial charge in [-0.3, -0.25) is 0 Å². The van der Waals surface area contributed by atoms with E-state index < -0.39 is 17.2 Å². The van der Waals surface area contributed by atoms with Gasteiger partial charge in [-0.2, -0.15) is 4.39 Å². The highest BCUT2D eigenvalue weighted by atomic mass is 79.9. The number of aliphatic hydroxyl groups is 1. The van der Waals surface area contributed by atoms with Crippen LogP contribution in [0.15, 0.2) is 16.6 Å². The molecule has 1 aromatic carbocycles. The fraction of sp³-hybridized carbons (Fsp3) is 0.455. The summed E-state index contributed by atoms with van der Waals surface area (Å²) in [5, 5.41) is 9.42. The largest absolute Gasteiger partial charge is 0.490 e. The standard InChI is InChI=1S/C11H13BrF2O2/c1-11(2,15)3-4-16-9-6-7(12)5-8(13)10(9)14/h5-6,15H,3-4H2,1-2H3. The lowest BCUT2D eigenvalue weighted by Gasteiger charge is -2.17. The summed E-state index contributed by atoms with van der Waals surface area (Å²) < 4.78 is 31.7. The molecule has 0 spiro atoms. The SMILES string of the molecule is CC(C)(O)CCOc1cc(Br)cc(F)c1F. The lowest BCUT2D eigenvalue weighted by atomic mass is 10.1. The molecule has 0 radical (unpaired) electrons. The predicted molar refractivity (Wildman–Crippen MR) is 60.5 cm³/mol. The van der Waals surface area contributed by atoms with Gasteiger partial charge in [-0.05, 0) is 26.0 Å². The highest BCUT2D eigenvalue weighted by molar-refractivity contribution is 9.10. The van der Waals surface area contributed by atoms with Gasteiger partial charge in [-0.15, -0.1) is 0 Å². The highest BCUT2D eigenvalue weighted by Gasteiger charge is 2.15. The first-order chi connectivity index (χ1) is 7.29. The van der Waals surface area contributed by atoms with E-state index in [2.05, 4.69) is 15.9 Å². The number of rotatable bonds is 4. The van der Waals surface area contributed by atoms with Crippen molar-refractivity contribution in [1.82, 2.24) is 0 Å². The van der Waals surface area contributed by atoms with Crippen molar-refractivity contribution >= 4 is 15.9 Å². The Morgan fingerprint density at radius 1 is 1.38 bits per heavy atom. The van der Waals surface area contributed by atoms with E-state index in [0.717, 1.165) is 6.07 Å². The van der Waals surface area contributed by atoms with Crippen LogP contribution in [0.4, 0.5) is 8.78 Å². The average Bonchev–Trinajstić information content (AvgIpc) is 2.11. The third kappa shape index (κ3) is 4.06. The minimum absolute atomic E-state index is 0.121. The van der Waals surface area contributed by atoms with Gasteiger partial charge < -0.3 is 9.84 Å². The molecule has 0 aromatic heterocycles. The Bertz CT molecular complexity index is 375. The molecule has 0 aliphatic rings. The Balaban J connectivity index is 2.67. The van der Waals surface area contributed by atoms with Crippen molar-refractivity contribution in [3.63, 3.8) is 0 Å². The molecule has 1 N–H and O–H groups in total. The second kappa shape index (κ2) is 5.10. The van der Waals surface area contributed by atoms with Crippen LogP contribution in [-0.4, -0.2) is 17.3 Å². The summed E-state index contributed by atoms with van der Waals surface area (Å²) in [6, 6.07) is 2.38. The highest BCUT2D eigenvalue weighted by Crippen LogP contribution is 2.25.